The van der Waals surface area contributed by atoms with Crippen molar-refractivity contribution >= 4 is 19.8 Å². The first-order valence-electron chi connectivity index (χ1n) is 21.9. The molecule has 0 saturated carbocycles. The number of epoxide rings is 1. The molecule has 0 bridgehead atoms. The summed E-state index contributed by atoms with van der Waals surface area (Å²) in [5, 5.41) is 0. The minimum Gasteiger partial charge on any atom is -0.462 e. The Morgan fingerprint density at radius 1 is 0.643 bits per heavy atom. The van der Waals surface area contributed by atoms with Gasteiger partial charge in [0.1, 0.15) is 6.61 Å². The molecule has 1 aliphatic heterocycles. The molecule has 0 radical (unpaired) electrons. The Bertz CT molecular complexity index is 1170. The first kappa shape index (κ1) is 51.7. The first-order chi connectivity index (χ1) is 27.3. The van der Waals surface area contributed by atoms with Gasteiger partial charge in [0.05, 0.1) is 25.4 Å². The molecule has 0 aromatic heterocycles. The number of carbonyl (C=O) groups is 2. The largest absolute Gasteiger partial charge is 0.472 e. The van der Waals surface area contributed by atoms with Crippen LogP contribution < -0.4 is 5.73 Å². The SMILES string of the molecule is CCCCCCCCCCCCCCCCCC(=O)OCC(COP(=O)(O)OCCN)OC(=O)CC/C=C\C/C=C\C/C=C\C/C=C\C/C=C\CC1OC1CC. The van der Waals surface area contributed by atoms with Crippen molar-refractivity contribution < 1.29 is 42.3 Å². The maximum Gasteiger partial charge on any atom is 0.472 e. The molecule has 0 amide bonds. The topological polar surface area (TPSA) is 147 Å². The van der Waals surface area contributed by atoms with E-state index in [4.69, 9.17) is 29.0 Å². The van der Waals surface area contributed by atoms with Gasteiger partial charge in [-0.3, -0.25) is 18.6 Å². The summed E-state index contributed by atoms with van der Waals surface area (Å²) < 4.78 is 38.2. The average molecular weight is 808 g/mol. The maximum atomic E-state index is 12.6. The van der Waals surface area contributed by atoms with Crippen LogP contribution in [0.2, 0.25) is 0 Å². The van der Waals surface area contributed by atoms with Crippen LogP contribution >= 0.6 is 7.82 Å². The minimum absolute atomic E-state index is 0.0387. The number of phosphoric acid groups is 1. The predicted octanol–water partition coefficient (Wildman–Crippen LogP) is 11.5. The van der Waals surface area contributed by atoms with E-state index < -0.39 is 32.5 Å². The molecule has 4 unspecified atom stereocenters. The van der Waals surface area contributed by atoms with Crippen molar-refractivity contribution in [2.75, 3.05) is 26.4 Å². The lowest BCUT2D eigenvalue weighted by Gasteiger charge is -2.19. The van der Waals surface area contributed by atoms with Crippen molar-refractivity contribution in [1.82, 2.24) is 0 Å². The number of ether oxygens (including phenoxy) is 3. The van der Waals surface area contributed by atoms with E-state index in [2.05, 4.69) is 62.5 Å². The van der Waals surface area contributed by atoms with Gasteiger partial charge in [0.25, 0.3) is 0 Å². The number of unbranched alkanes of at least 4 members (excludes halogenated alkanes) is 14. The van der Waals surface area contributed by atoms with Gasteiger partial charge in [-0.25, -0.2) is 4.57 Å². The third-order valence-corrected chi connectivity index (χ3v) is 10.4. The third-order valence-electron chi connectivity index (χ3n) is 9.40. The highest BCUT2D eigenvalue weighted by atomic mass is 31.2. The van der Waals surface area contributed by atoms with Gasteiger partial charge in [-0.05, 0) is 51.4 Å². The van der Waals surface area contributed by atoms with Crippen LogP contribution in [0.5, 0.6) is 0 Å². The fourth-order valence-corrected chi connectivity index (χ4v) is 6.79. The van der Waals surface area contributed by atoms with Gasteiger partial charge < -0.3 is 24.8 Å². The Morgan fingerprint density at radius 2 is 1.14 bits per heavy atom. The molecular weight excluding hydrogens is 729 g/mol. The Balaban J connectivity index is 2.22. The van der Waals surface area contributed by atoms with Crippen LogP contribution in [-0.2, 0) is 37.4 Å². The number of allylic oxidation sites excluding steroid dienone is 9. The molecule has 322 valence electrons. The van der Waals surface area contributed by atoms with E-state index in [0.717, 1.165) is 57.8 Å². The van der Waals surface area contributed by atoms with Gasteiger partial charge in [-0.1, -0.05) is 164 Å². The monoisotopic (exact) mass is 808 g/mol. The molecular formula is C45H78NO9P. The standard InChI is InChI=1S/C45H78NO9P/c1-3-5-6-7-8-9-10-11-13-17-20-23-26-29-32-35-44(47)51-39-41(40-53-56(49,50)52-38-37-46)54-45(48)36-33-30-27-24-21-18-15-12-14-16-19-22-25-28-31-34-43-42(4-2)55-43/h12,14,18-19,21-22,27-28,30-31,41-43H,3-11,13,15-17,20,23-26,29,32-40,46H2,1-2H3,(H,49,50)/b14-12-,21-18-,22-19-,30-27-,31-28-. The van der Waals surface area contributed by atoms with E-state index in [-0.39, 0.29) is 32.6 Å². The normalized spacial score (nSPS) is 17.5. The molecule has 4 atom stereocenters. The van der Waals surface area contributed by atoms with Crippen molar-refractivity contribution in [2.45, 2.75) is 186 Å². The van der Waals surface area contributed by atoms with Crippen LogP contribution in [0.3, 0.4) is 0 Å². The molecule has 0 spiro atoms. The summed E-state index contributed by atoms with van der Waals surface area (Å²) in [4.78, 5) is 34.8. The van der Waals surface area contributed by atoms with E-state index in [1.165, 1.54) is 77.0 Å². The smallest absolute Gasteiger partial charge is 0.462 e. The van der Waals surface area contributed by atoms with Gasteiger partial charge in [0, 0.05) is 19.4 Å². The fourth-order valence-electron chi connectivity index (χ4n) is 6.02. The van der Waals surface area contributed by atoms with Crippen LogP contribution in [0.4, 0.5) is 0 Å². The summed E-state index contributed by atoms with van der Waals surface area (Å²) in [5.74, 6) is -0.930. The van der Waals surface area contributed by atoms with Crippen LogP contribution in [-0.4, -0.2) is 61.5 Å². The van der Waals surface area contributed by atoms with Crippen LogP contribution in [0, 0.1) is 0 Å². The molecule has 1 fully saturated rings. The van der Waals surface area contributed by atoms with E-state index in [0.29, 0.717) is 18.6 Å². The lowest BCUT2D eigenvalue weighted by atomic mass is 10.0. The zero-order chi connectivity index (χ0) is 40.8. The number of rotatable bonds is 39. The molecule has 3 N–H and O–H groups in total. The molecule has 0 aromatic rings. The summed E-state index contributed by atoms with van der Waals surface area (Å²) in [6.07, 6.45) is 46.0. The summed E-state index contributed by atoms with van der Waals surface area (Å²) in [6.45, 7) is 3.54. The molecule has 0 aliphatic carbocycles. The molecule has 56 heavy (non-hydrogen) atoms. The van der Waals surface area contributed by atoms with E-state index >= 15 is 0 Å². The first-order valence-corrected chi connectivity index (χ1v) is 23.4. The highest BCUT2D eigenvalue weighted by molar-refractivity contribution is 7.47. The number of hydrogen-bond acceptors (Lipinski definition) is 9. The Hall–Kier alpha value is -2.33. The van der Waals surface area contributed by atoms with Gasteiger partial charge in [0.15, 0.2) is 6.10 Å². The van der Waals surface area contributed by atoms with E-state index in [1.807, 2.05) is 12.2 Å². The molecule has 10 nitrogen and oxygen atoms in total. The number of phosphoric ester groups is 1. The van der Waals surface area contributed by atoms with Crippen molar-refractivity contribution in [1.29, 1.82) is 0 Å². The predicted molar refractivity (Wildman–Crippen MR) is 228 cm³/mol. The Morgan fingerprint density at radius 3 is 1.64 bits per heavy atom. The zero-order valence-electron chi connectivity index (χ0n) is 35.0. The van der Waals surface area contributed by atoms with Gasteiger partial charge in [-0.2, -0.15) is 0 Å². The highest BCUT2D eigenvalue weighted by Crippen LogP contribution is 2.43. The number of hydrogen-bond donors (Lipinski definition) is 2. The second-order valence-electron chi connectivity index (χ2n) is 14.6. The minimum atomic E-state index is -4.40. The molecule has 1 rings (SSSR count). The van der Waals surface area contributed by atoms with E-state index in [9.17, 15) is 19.0 Å². The van der Waals surface area contributed by atoms with Crippen LogP contribution in [0.1, 0.15) is 168 Å². The maximum absolute atomic E-state index is 12.6. The zero-order valence-corrected chi connectivity index (χ0v) is 35.9. The van der Waals surface area contributed by atoms with Gasteiger partial charge >= 0.3 is 19.8 Å². The van der Waals surface area contributed by atoms with Crippen molar-refractivity contribution in [3.8, 4) is 0 Å². The number of esters is 2. The fraction of sp³-hybridized carbons (Fsp3) is 0.733. The van der Waals surface area contributed by atoms with Crippen molar-refractivity contribution in [3.63, 3.8) is 0 Å². The summed E-state index contributed by atoms with van der Waals surface area (Å²) >= 11 is 0. The van der Waals surface area contributed by atoms with Gasteiger partial charge in [-0.15, -0.1) is 0 Å². The summed E-state index contributed by atoms with van der Waals surface area (Å²) in [7, 11) is -4.40. The molecule has 1 aliphatic rings. The average Bonchev–Trinajstić information content (AvgIpc) is 3.96. The quantitative estimate of drug-likeness (QED) is 0.0202. The Labute approximate surface area is 340 Å². The lowest BCUT2D eigenvalue weighted by Crippen LogP contribution is -2.29. The van der Waals surface area contributed by atoms with Crippen molar-refractivity contribution in [3.05, 3.63) is 60.8 Å². The number of nitrogens with two attached hydrogens (primary N) is 1. The van der Waals surface area contributed by atoms with E-state index in [1.54, 1.807) is 0 Å². The third kappa shape index (κ3) is 33.8. The summed E-state index contributed by atoms with van der Waals surface area (Å²) in [5.41, 5.74) is 5.34. The van der Waals surface area contributed by atoms with Crippen LogP contribution in [0.25, 0.3) is 0 Å². The molecule has 1 heterocycles. The molecule has 11 heteroatoms. The molecule has 0 aromatic carbocycles. The molecule has 1 saturated heterocycles. The van der Waals surface area contributed by atoms with Crippen LogP contribution in [0.15, 0.2) is 60.8 Å². The van der Waals surface area contributed by atoms with Gasteiger partial charge in [0.2, 0.25) is 0 Å². The highest BCUT2D eigenvalue weighted by Gasteiger charge is 2.35. The Kier molecular flexibility index (Phi) is 34.1. The summed E-state index contributed by atoms with van der Waals surface area (Å²) in [6, 6.07) is 0. The lowest BCUT2D eigenvalue weighted by molar-refractivity contribution is -0.161. The van der Waals surface area contributed by atoms with Crippen molar-refractivity contribution in [2.24, 2.45) is 5.73 Å². The second-order valence-corrected chi connectivity index (χ2v) is 16.0. The second kappa shape index (κ2) is 37.0. The number of carbonyl (C=O) groups excluding carboxylic acids is 2.